The van der Waals surface area contributed by atoms with Gasteiger partial charge < -0.3 is 9.52 Å². The van der Waals surface area contributed by atoms with Crippen molar-refractivity contribution in [3.8, 4) is 6.07 Å². The van der Waals surface area contributed by atoms with Crippen LogP contribution in [0.15, 0.2) is 33.5 Å². The first-order valence-corrected chi connectivity index (χ1v) is 6.58. The maximum absolute atomic E-state index is 11.7. The summed E-state index contributed by atoms with van der Waals surface area (Å²) in [6.45, 7) is 5.67. The van der Waals surface area contributed by atoms with Crippen molar-refractivity contribution < 1.29 is 9.52 Å². The van der Waals surface area contributed by atoms with E-state index in [2.05, 4.69) is 5.10 Å². The lowest BCUT2D eigenvalue weighted by molar-refractivity contribution is 0.148. The van der Waals surface area contributed by atoms with Gasteiger partial charge in [0, 0.05) is 5.41 Å². The highest BCUT2D eigenvalue weighted by atomic mass is 16.4. The highest BCUT2D eigenvalue weighted by Gasteiger charge is 2.23. The number of aromatic nitrogens is 2. The Morgan fingerprint density at radius 1 is 1.38 bits per heavy atom. The highest BCUT2D eigenvalue weighted by molar-refractivity contribution is 5.32. The first-order valence-electron chi connectivity index (χ1n) is 6.58. The molecular formula is C15H17N3O3. The van der Waals surface area contributed by atoms with Gasteiger partial charge in [0.15, 0.2) is 0 Å². The zero-order chi connectivity index (χ0) is 15.6. The van der Waals surface area contributed by atoms with Crippen LogP contribution in [0, 0.1) is 11.3 Å². The van der Waals surface area contributed by atoms with E-state index in [1.165, 1.54) is 0 Å². The van der Waals surface area contributed by atoms with Crippen LogP contribution in [-0.4, -0.2) is 14.9 Å². The van der Waals surface area contributed by atoms with Gasteiger partial charge in [-0.2, -0.15) is 9.94 Å². The number of nitriles is 1. The third-order valence-electron chi connectivity index (χ3n) is 3.02. The fraction of sp³-hybridized carbons (Fsp3) is 0.400. The first kappa shape index (κ1) is 15.0. The van der Waals surface area contributed by atoms with Gasteiger partial charge >= 0.3 is 5.76 Å². The standard InChI is InChI=1S/C15H17N3O3/c1-15(2,3)13-17-18(14(20)21-13)9-12(19)11-6-4-10(8-16)5-7-11/h4-7,12,19H,9H2,1-3H3. The van der Waals surface area contributed by atoms with E-state index in [1.54, 1.807) is 24.3 Å². The predicted octanol–water partition coefficient (Wildman–Crippen LogP) is 1.74. The van der Waals surface area contributed by atoms with Crippen molar-refractivity contribution in [1.82, 2.24) is 9.78 Å². The van der Waals surface area contributed by atoms with E-state index < -0.39 is 11.9 Å². The van der Waals surface area contributed by atoms with Gasteiger partial charge in [-0.3, -0.25) is 0 Å². The molecule has 2 aromatic rings. The van der Waals surface area contributed by atoms with E-state index in [9.17, 15) is 9.90 Å². The number of hydrogen-bond donors (Lipinski definition) is 1. The van der Waals surface area contributed by atoms with Crippen LogP contribution in [0.5, 0.6) is 0 Å². The molecule has 0 radical (unpaired) electrons. The fourth-order valence-corrected chi connectivity index (χ4v) is 1.77. The summed E-state index contributed by atoms with van der Waals surface area (Å²) >= 11 is 0. The van der Waals surface area contributed by atoms with Crippen LogP contribution in [0.4, 0.5) is 0 Å². The molecule has 110 valence electrons. The van der Waals surface area contributed by atoms with Crippen LogP contribution >= 0.6 is 0 Å². The van der Waals surface area contributed by atoms with Gasteiger partial charge in [0.25, 0.3) is 0 Å². The highest BCUT2D eigenvalue weighted by Crippen LogP contribution is 2.19. The van der Waals surface area contributed by atoms with Crippen molar-refractivity contribution >= 4 is 0 Å². The predicted molar refractivity (Wildman–Crippen MR) is 75.6 cm³/mol. The van der Waals surface area contributed by atoms with Crippen LogP contribution in [0.25, 0.3) is 0 Å². The molecule has 21 heavy (non-hydrogen) atoms. The third kappa shape index (κ3) is 3.38. The number of aliphatic hydroxyl groups is 1. The average Bonchev–Trinajstić information content (AvgIpc) is 2.80. The van der Waals surface area contributed by atoms with Gasteiger partial charge in [0.1, 0.15) is 0 Å². The minimum absolute atomic E-state index is 0.00428. The number of benzene rings is 1. The Bertz CT molecular complexity index is 714. The summed E-state index contributed by atoms with van der Waals surface area (Å²) in [5.41, 5.74) is 0.754. The Labute approximate surface area is 122 Å². The summed E-state index contributed by atoms with van der Waals surface area (Å²) in [5, 5.41) is 23.0. The second kappa shape index (κ2) is 5.54. The summed E-state index contributed by atoms with van der Waals surface area (Å²) < 4.78 is 6.21. The molecule has 0 aliphatic rings. The molecule has 0 aliphatic carbocycles. The molecule has 1 aromatic heterocycles. The van der Waals surface area contributed by atoms with Crippen LogP contribution in [0.3, 0.4) is 0 Å². The van der Waals surface area contributed by atoms with E-state index in [1.807, 2.05) is 26.8 Å². The van der Waals surface area contributed by atoms with Crippen molar-refractivity contribution in [1.29, 1.82) is 5.26 Å². The second-order valence-corrected chi connectivity index (χ2v) is 5.85. The van der Waals surface area contributed by atoms with E-state index in [-0.39, 0.29) is 12.0 Å². The van der Waals surface area contributed by atoms with E-state index >= 15 is 0 Å². The molecule has 1 aromatic carbocycles. The lowest BCUT2D eigenvalue weighted by Gasteiger charge is -2.12. The van der Waals surface area contributed by atoms with Gasteiger partial charge in [-0.05, 0) is 17.7 Å². The maximum atomic E-state index is 11.7. The molecule has 0 bridgehead atoms. The minimum atomic E-state index is -0.895. The zero-order valence-electron chi connectivity index (χ0n) is 12.2. The number of rotatable bonds is 3. The van der Waals surface area contributed by atoms with Gasteiger partial charge in [-0.25, -0.2) is 4.79 Å². The zero-order valence-corrected chi connectivity index (χ0v) is 12.2. The number of aliphatic hydroxyl groups excluding tert-OH is 1. The van der Waals surface area contributed by atoms with Crippen LogP contribution < -0.4 is 5.76 Å². The van der Waals surface area contributed by atoms with E-state index in [0.717, 1.165) is 4.68 Å². The lowest BCUT2D eigenvalue weighted by Crippen LogP contribution is -2.20. The second-order valence-electron chi connectivity index (χ2n) is 5.85. The van der Waals surface area contributed by atoms with Gasteiger partial charge in [0.05, 0.1) is 24.3 Å². The molecule has 6 nitrogen and oxygen atoms in total. The Morgan fingerprint density at radius 2 is 2.00 bits per heavy atom. The summed E-state index contributed by atoms with van der Waals surface area (Å²) in [6.07, 6.45) is -0.895. The Kier molecular flexibility index (Phi) is 3.96. The summed E-state index contributed by atoms with van der Waals surface area (Å²) in [7, 11) is 0. The van der Waals surface area contributed by atoms with Crippen LogP contribution in [0.1, 0.15) is 43.9 Å². The van der Waals surface area contributed by atoms with Gasteiger partial charge in [-0.1, -0.05) is 32.9 Å². The molecule has 2 rings (SSSR count). The minimum Gasteiger partial charge on any atom is -0.392 e. The monoisotopic (exact) mass is 287 g/mol. The largest absolute Gasteiger partial charge is 0.437 e. The molecule has 1 heterocycles. The Balaban J connectivity index is 2.19. The van der Waals surface area contributed by atoms with Crippen LogP contribution in [-0.2, 0) is 12.0 Å². The van der Waals surface area contributed by atoms with E-state index in [4.69, 9.17) is 9.68 Å². The molecule has 0 saturated heterocycles. The van der Waals surface area contributed by atoms with E-state index in [0.29, 0.717) is 17.0 Å². The molecule has 0 amide bonds. The molecule has 0 spiro atoms. The SMILES string of the molecule is CC(C)(C)c1nn(CC(O)c2ccc(C#N)cc2)c(=O)o1. The van der Waals surface area contributed by atoms with Crippen LogP contribution in [0.2, 0.25) is 0 Å². The maximum Gasteiger partial charge on any atom is 0.437 e. The molecule has 0 fully saturated rings. The fourth-order valence-electron chi connectivity index (χ4n) is 1.77. The van der Waals surface area contributed by atoms with Gasteiger partial charge in [0.2, 0.25) is 5.89 Å². The molecule has 0 aliphatic heterocycles. The average molecular weight is 287 g/mol. The summed E-state index contributed by atoms with van der Waals surface area (Å²) in [6, 6.07) is 8.54. The van der Waals surface area contributed by atoms with Gasteiger partial charge in [-0.15, -0.1) is 5.10 Å². The topological polar surface area (TPSA) is 92.0 Å². The molecular weight excluding hydrogens is 270 g/mol. The third-order valence-corrected chi connectivity index (χ3v) is 3.02. The molecule has 1 N–H and O–H groups in total. The molecule has 1 unspecified atom stereocenters. The quantitative estimate of drug-likeness (QED) is 0.928. The number of hydrogen-bond acceptors (Lipinski definition) is 5. The molecule has 0 saturated carbocycles. The van der Waals surface area contributed by atoms with Crippen molar-refractivity contribution in [3.63, 3.8) is 0 Å². The number of nitrogens with zero attached hydrogens (tertiary/aromatic N) is 3. The van der Waals surface area contributed by atoms with Crippen molar-refractivity contribution in [3.05, 3.63) is 51.8 Å². The molecule has 6 heteroatoms. The van der Waals surface area contributed by atoms with Crippen molar-refractivity contribution in [2.45, 2.75) is 38.8 Å². The Morgan fingerprint density at radius 3 is 2.48 bits per heavy atom. The smallest absolute Gasteiger partial charge is 0.392 e. The molecule has 1 atom stereocenters. The Hall–Kier alpha value is -2.39. The van der Waals surface area contributed by atoms with Crippen molar-refractivity contribution in [2.75, 3.05) is 0 Å². The first-order chi connectivity index (χ1) is 9.81. The lowest BCUT2D eigenvalue weighted by atomic mass is 9.97. The summed E-state index contributed by atoms with van der Waals surface area (Å²) in [4.78, 5) is 11.7. The van der Waals surface area contributed by atoms with Crippen molar-refractivity contribution in [2.24, 2.45) is 0 Å². The summed E-state index contributed by atoms with van der Waals surface area (Å²) in [5.74, 6) is -0.257. The normalized spacial score (nSPS) is 12.9.